The normalized spacial score (nSPS) is 20.7. The molecule has 0 N–H and O–H groups in total. The van der Waals surface area contributed by atoms with Gasteiger partial charge in [0.25, 0.3) is 10.2 Å². The van der Waals surface area contributed by atoms with E-state index in [2.05, 4.69) is 6.92 Å². The third-order valence-electron chi connectivity index (χ3n) is 3.90. The van der Waals surface area contributed by atoms with E-state index in [1.54, 1.807) is 18.5 Å². The monoisotopic (exact) mass is 312 g/mol. The van der Waals surface area contributed by atoms with Crippen molar-refractivity contribution in [1.29, 1.82) is 0 Å². The molecule has 1 saturated heterocycles. The van der Waals surface area contributed by atoms with E-state index in [4.69, 9.17) is 4.74 Å². The fraction of sp³-hybridized carbons (Fsp3) is 0.600. The summed E-state index contributed by atoms with van der Waals surface area (Å²) in [6, 6.07) is 7.48. The summed E-state index contributed by atoms with van der Waals surface area (Å²) >= 11 is 0. The van der Waals surface area contributed by atoms with E-state index in [-0.39, 0.29) is 0 Å². The first-order valence-corrected chi connectivity index (χ1v) is 8.67. The van der Waals surface area contributed by atoms with Crippen LogP contribution >= 0.6 is 0 Å². The van der Waals surface area contributed by atoms with Gasteiger partial charge in [-0.15, -0.1) is 0 Å². The molecular formula is C15H24N2O3S. The van der Waals surface area contributed by atoms with Crippen molar-refractivity contribution >= 4 is 10.2 Å². The molecule has 2 rings (SSSR count). The lowest BCUT2D eigenvalue weighted by molar-refractivity contribution is 0.263. The molecule has 1 aromatic rings. The van der Waals surface area contributed by atoms with Gasteiger partial charge in [-0.2, -0.15) is 17.0 Å². The summed E-state index contributed by atoms with van der Waals surface area (Å²) in [5.41, 5.74) is 0.951. The zero-order chi connectivity index (χ0) is 15.5. The van der Waals surface area contributed by atoms with Crippen molar-refractivity contribution in [3.05, 3.63) is 29.8 Å². The first-order valence-electron chi connectivity index (χ1n) is 7.28. The van der Waals surface area contributed by atoms with Crippen LogP contribution in [0.25, 0.3) is 0 Å². The third-order valence-corrected chi connectivity index (χ3v) is 5.81. The van der Waals surface area contributed by atoms with Crippen LogP contribution in [-0.2, 0) is 16.8 Å². The van der Waals surface area contributed by atoms with Gasteiger partial charge in [-0.05, 0) is 36.5 Å². The number of nitrogens with zero attached hydrogens (tertiary/aromatic N) is 2. The maximum Gasteiger partial charge on any atom is 0.282 e. The predicted molar refractivity (Wildman–Crippen MR) is 83.4 cm³/mol. The van der Waals surface area contributed by atoms with Crippen molar-refractivity contribution in [2.24, 2.45) is 5.92 Å². The molecule has 5 nitrogen and oxygen atoms in total. The number of methoxy groups -OCH3 is 1. The molecule has 6 heteroatoms. The second kappa shape index (κ2) is 6.77. The second-order valence-corrected chi connectivity index (χ2v) is 7.75. The molecule has 0 amide bonds. The standard InChI is InChI=1S/C15H24N2O3S/c1-13-5-4-10-17(11-13)21(18,19)16(2)12-14-6-8-15(20-3)9-7-14/h6-9,13H,4-5,10-12H2,1-3H3/t13-/m1/s1. The first-order chi connectivity index (χ1) is 9.93. The van der Waals surface area contributed by atoms with Gasteiger partial charge in [0, 0.05) is 26.7 Å². The molecule has 1 aliphatic rings. The Labute approximate surface area is 127 Å². The number of benzene rings is 1. The van der Waals surface area contributed by atoms with Gasteiger partial charge in [0.15, 0.2) is 0 Å². The molecule has 0 unspecified atom stereocenters. The van der Waals surface area contributed by atoms with Gasteiger partial charge in [-0.3, -0.25) is 0 Å². The van der Waals surface area contributed by atoms with Crippen LogP contribution in [0.1, 0.15) is 25.3 Å². The molecule has 1 atom stereocenters. The maximum absolute atomic E-state index is 12.6. The van der Waals surface area contributed by atoms with E-state index in [1.807, 2.05) is 24.3 Å². The molecule has 0 spiro atoms. The van der Waals surface area contributed by atoms with Crippen LogP contribution in [0, 0.1) is 5.92 Å². The molecule has 0 saturated carbocycles. The number of rotatable bonds is 5. The van der Waals surface area contributed by atoms with Gasteiger partial charge in [-0.1, -0.05) is 19.1 Å². The Hall–Kier alpha value is -1.11. The predicted octanol–water partition coefficient (Wildman–Crippen LogP) is 2.10. The lowest BCUT2D eigenvalue weighted by Gasteiger charge is -2.33. The van der Waals surface area contributed by atoms with Crippen LogP contribution in [0.5, 0.6) is 5.75 Å². The Kier molecular flexibility index (Phi) is 5.24. The van der Waals surface area contributed by atoms with Crippen LogP contribution in [0.4, 0.5) is 0 Å². The summed E-state index contributed by atoms with van der Waals surface area (Å²) in [5.74, 6) is 1.21. The number of ether oxygens (including phenoxy) is 1. The molecule has 0 radical (unpaired) electrons. The van der Waals surface area contributed by atoms with E-state index in [1.165, 1.54) is 4.31 Å². The maximum atomic E-state index is 12.6. The zero-order valence-electron chi connectivity index (χ0n) is 12.9. The zero-order valence-corrected chi connectivity index (χ0v) is 13.8. The highest BCUT2D eigenvalue weighted by molar-refractivity contribution is 7.86. The van der Waals surface area contributed by atoms with Gasteiger partial charge in [0.2, 0.25) is 0 Å². The Morgan fingerprint density at radius 2 is 2.00 bits per heavy atom. The number of piperidine rings is 1. The minimum Gasteiger partial charge on any atom is -0.497 e. The first kappa shape index (κ1) is 16.3. The van der Waals surface area contributed by atoms with Gasteiger partial charge in [-0.25, -0.2) is 0 Å². The van der Waals surface area contributed by atoms with Crippen LogP contribution in [0.15, 0.2) is 24.3 Å². The Morgan fingerprint density at radius 1 is 1.33 bits per heavy atom. The van der Waals surface area contributed by atoms with Crippen molar-refractivity contribution in [2.75, 3.05) is 27.2 Å². The number of hydrogen-bond acceptors (Lipinski definition) is 3. The molecule has 21 heavy (non-hydrogen) atoms. The largest absolute Gasteiger partial charge is 0.497 e. The topological polar surface area (TPSA) is 49.9 Å². The molecule has 0 bridgehead atoms. The van der Waals surface area contributed by atoms with Crippen molar-refractivity contribution in [2.45, 2.75) is 26.3 Å². The van der Waals surface area contributed by atoms with Gasteiger partial charge >= 0.3 is 0 Å². The van der Waals surface area contributed by atoms with Crippen molar-refractivity contribution in [1.82, 2.24) is 8.61 Å². The van der Waals surface area contributed by atoms with Crippen LogP contribution in [0.3, 0.4) is 0 Å². The highest BCUT2D eigenvalue weighted by atomic mass is 32.2. The molecule has 1 aromatic carbocycles. The van der Waals surface area contributed by atoms with E-state index >= 15 is 0 Å². The Balaban J connectivity index is 2.05. The molecule has 0 aromatic heterocycles. The summed E-state index contributed by atoms with van der Waals surface area (Å²) < 4.78 is 33.3. The highest BCUT2D eigenvalue weighted by Gasteiger charge is 2.30. The average molecular weight is 312 g/mol. The lowest BCUT2D eigenvalue weighted by Crippen LogP contribution is -2.45. The van der Waals surface area contributed by atoms with Crippen LogP contribution < -0.4 is 4.74 Å². The fourth-order valence-corrected chi connectivity index (χ4v) is 4.13. The second-order valence-electron chi connectivity index (χ2n) is 5.72. The fourth-order valence-electron chi connectivity index (χ4n) is 2.62. The third kappa shape index (κ3) is 3.96. The molecule has 118 valence electrons. The molecular weight excluding hydrogens is 288 g/mol. The van der Waals surface area contributed by atoms with E-state index in [9.17, 15) is 8.42 Å². The molecule has 0 aliphatic carbocycles. The summed E-state index contributed by atoms with van der Waals surface area (Å²) in [6.07, 6.45) is 2.05. The summed E-state index contributed by atoms with van der Waals surface area (Å²) in [7, 11) is -0.121. The lowest BCUT2D eigenvalue weighted by atomic mass is 10.0. The van der Waals surface area contributed by atoms with Crippen molar-refractivity contribution < 1.29 is 13.2 Å². The molecule has 1 aliphatic heterocycles. The SMILES string of the molecule is COc1ccc(CN(C)S(=O)(=O)N2CCC[C@@H](C)C2)cc1. The van der Waals surface area contributed by atoms with Crippen molar-refractivity contribution in [3.63, 3.8) is 0 Å². The summed E-state index contributed by atoms with van der Waals surface area (Å²) in [4.78, 5) is 0. The van der Waals surface area contributed by atoms with E-state index in [0.29, 0.717) is 25.6 Å². The number of hydrogen-bond donors (Lipinski definition) is 0. The molecule has 1 heterocycles. The van der Waals surface area contributed by atoms with E-state index < -0.39 is 10.2 Å². The van der Waals surface area contributed by atoms with Gasteiger partial charge in [0.05, 0.1) is 7.11 Å². The van der Waals surface area contributed by atoms with Crippen molar-refractivity contribution in [3.8, 4) is 5.75 Å². The van der Waals surface area contributed by atoms with E-state index in [0.717, 1.165) is 24.2 Å². The van der Waals surface area contributed by atoms with Crippen LogP contribution in [0.2, 0.25) is 0 Å². The van der Waals surface area contributed by atoms with Gasteiger partial charge < -0.3 is 4.74 Å². The Bertz CT molecular complexity index is 557. The summed E-state index contributed by atoms with van der Waals surface area (Å²) in [6.45, 7) is 3.72. The minimum absolute atomic E-state index is 0.372. The van der Waals surface area contributed by atoms with Gasteiger partial charge in [0.1, 0.15) is 5.75 Å². The minimum atomic E-state index is -3.37. The highest BCUT2D eigenvalue weighted by Crippen LogP contribution is 2.21. The average Bonchev–Trinajstić information content (AvgIpc) is 2.48. The summed E-state index contributed by atoms with van der Waals surface area (Å²) in [5, 5.41) is 0. The smallest absolute Gasteiger partial charge is 0.282 e. The molecule has 1 fully saturated rings. The Morgan fingerprint density at radius 3 is 2.57 bits per heavy atom. The van der Waals surface area contributed by atoms with Crippen LogP contribution in [-0.4, -0.2) is 44.3 Å². The quantitative estimate of drug-likeness (QED) is 0.836.